The number of anilines is 1. The first-order chi connectivity index (χ1) is 11.8. The average Bonchev–Trinajstić information content (AvgIpc) is 2.58. The van der Waals surface area contributed by atoms with Crippen LogP contribution in [0.15, 0.2) is 36.7 Å². The second kappa shape index (κ2) is 8.11. The normalized spacial score (nSPS) is 19.6. The first-order valence-corrected chi connectivity index (χ1v) is 8.37. The third-order valence-electron chi connectivity index (χ3n) is 3.87. The van der Waals surface area contributed by atoms with E-state index in [-0.39, 0.29) is 11.3 Å². The van der Waals surface area contributed by atoms with Gasteiger partial charge in [-0.2, -0.15) is 0 Å². The minimum atomic E-state index is -1.07. The van der Waals surface area contributed by atoms with Crippen LogP contribution >= 0.6 is 0 Å². The summed E-state index contributed by atoms with van der Waals surface area (Å²) < 4.78 is 0. The smallest absolute Gasteiger partial charge is 0.330 e. The molecule has 1 fully saturated rings. The number of nitrogens with one attached hydrogen (secondary N) is 2. The molecule has 2 rings (SSSR count). The maximum absolute atomic E-state index is 12.5. The maximum Gasteiger partial charge on any atom is 0.330 e. The number of pyridine rings is 1. The number of allylic oxidation sites excluding steroid dienone is 1. The molecule has 0 bridgehead atoms. The highest BCUT2D eigenvalue weighted by Crippen LogP contribution is 2.16. The Bertz CT molecular complexity index is 625. The molecule has 1 amide bonds. The van der Waals surface area contributed by atoms with Crippen LogP contribution in [0.2, 0.25) is 0 Å². The van der Waals surface area contributed by atoms with Crippen LogP contribution in [0.4, 0.5) is 5.69 Å². The van der Waals surface area contributed by atoms with Crippen LogP contribution in [0.3, 0.4) is 0 Å². The second-order valence-corrected chi connectivity index (χ2v) is 7.21. The predicted molar refractivity (Wildman–Crippen MR) is 96.4 cm³/mol. The Labute approximate surface area is 148 Å². The lowest BCUT2D eigenvalue weighted by Gasteiger charge is -2.34. The first-order valence-electron chi connectivity index (χ1n) is 8.37. The van der Waals surface area contributed by atoms with Crippen molar-refractivity contribution in [1.82, 2.24) is 15.6 Å². The van der Waals surface area contributed by atoms with Gasteiger partial charge in [-0.3, -0.25) is 9.78 Å². The van der Waals surface area contributed by atoms with E-state index in [4.69, 9.17) is 0 Å². The van der Waals surface area contributed by atoms with Gasteiger partial charge >= 0.3 is 5.97 Å². The Balaban J connectivity index is 2.01. The van der Waals surface area contributed by atoms with Crippen molar-refractivity contribution in [2.24, 2.45) is 5.41 Å². The van der Waals surface area contributed by atoms with Gasteiger partial charge in [0, 0.05) is 37.7 Å². The molecule has 1 aromatic rings. The summed E-state index contributed by atoms with van der Waals surface area (Å²) in [7, 11) is 0. The molecule has 3 N–H and O–H groups in total. The van der Waals surface area contributed by atoms with Gasteiger partial charge < -0.3 is 20.6 Å². The lowest BCUT2D eigenvalue weighted by Crippen LogP contribution is -2.59. The Hall–Kier alpha value is -2.41. The number of amides is 1. The van der Waals surface area contributed by atoms with Gasteiger partial charge in [0.1, 0.15) is 12.1 Å². The second-order valence-electron chi connectivity index (χ2n) is 7.21. The molecular formula is C18H26N4O3. The quantitative estimate of drug-likeness (QED) is 0.690. The number of aromatic nitrogens is 1. The highest BCUT2D eigenvalue weighted by molar-refractivity contribution is 5.88. The Kier molecular flexibility index (Phi) is 6.14. The van der Waals surface area contributed by atoms with Crippen molar-refractivity contribution in [2.45, 2.75) is 32.9 Å². The molecule has 0 spiro atoms. The van der Waals surface area contributed by atoms with Gasteiger partial charge in [0.25, 0.3) is 0 Å². The van der Waals surface area contributed by atoms with E-state index in [9.17, 15) is 14.7 Å². The van der Waals surface area contributed by atoms with Gasteiger partial charge in [0.15, 0.2) is 0 Å². The molecule has 7 heteroatoms. The van der Waals surface area contributed by atoms with E-state index in [1.165, 1.54) is 6.08 Å². The van der Waals surface area contributed by atoms with E-state index in [0.717, 1.165) is 12.2 Å². The number of hydrogen-bond donors (Lipinski definition) is 3. The molecule has 0 saturated carbocycles. The Morgan fingerprint density at radius 2 is 2.08 bits per heavy atom. The van der Waals surface area contributed by atoms with Gasteiger partial charge in [-0.1, -0.05) is 32.9 Å². The van der Waals surface area contributed by atoms with E-state index in [1.807, 2.05) is 32.9 Å². The zero-order valence-electron chi connectivity index (χ0n) is 14.9. The van der Waals surface area contributed by atoms with Gasteiger partial charge in [-0.15, -0.1) is 0 Å². The fourth-order valence-corrected chi connectivity index (χ4v) is 2.55. The van der Waals surface area contributed by atoms with E-state index in [0.29, 0.717) is 13.1 Å². The number of nitrogens with zero attached hydrogens (tertiary/aromatic N) is 2. The van der Waals surface area contributed by atoms with E-state index < -0.39 is 18.1 Å². The monoisotopic (exact) mass is 346 g/mol. The third kappa shape index (κ3) is 5.86. The van der Waals surface area contributed by atoms with Gasteiger partial charge in [0.2, 0.25) is 5.91 Å². The average molecular weight is 346 g/mol. The van der Waals surface area contributed by atoms with Crippen molar-refractivity contribution >= 4 is 17.6 Å². The number of carboxylic acid groups (broad SMARTS) is 1. The highest BCUT2D eigenvalue weighted by Gasteiger charge is 2.28. The standard InChI is InChI=1S/C18H26N4O3/c1-18(2,3)7-4-14(17(24)25)21-16(23)15-12-22(11-10-20-15)13-5-8-19-9-6-13/h4-9,14-15,20H,10-12H2,1-3H3,(H,21,23)(H,24,25)/b7-4+. The number of carbonyl (C=O) groups is 2. The number of aliphatic carboxylic acids is 1. The van der Waals surface area contributed by atoms with Crippen molar-refractivity contribution in [2.75, 3.05) is 24.5 Å². The zero-order chi connectivity index (χ0) is 18.4. The lowest BCUT2D eigenvalue weighted by molar-refractivity contribution is -0.140. The molecule has 1 aliphatic heterocycles. The molecule has 136 valence electrons. The summed E-state index contributed by atoms with van der Waals surface area (Å²) in [5.74, 6) is -1.39. The lowest BCUT2D eigenvalue weighted by atomic mass is 9.95. The number of rotatable bonds is 5. The van der Waals surface area contributed by atoms with E-state index in [1.54, 1.807) is 18.5 Å². The van der Waals surface area contributed by atoms with Crippen LogP contribution < -0.4 is 15.5 Å². The molecule has 0 aliphatic carbocycles. The fraction of sp³-hybridized carbons (Fsp3) is 0.500. The van der Waals surface area contributed by atoms with Gasteiger partial charge in [-0.25, -0.2) is 4.79 Å². The van der Waals surface area contributed by atoms with Crippen LogP contribution in [-0.4, -0.2) is 53.7 Å². The minimum Gasteiger partial charge on any atom is -0.479 e. The van der Waals surface area contributed by atoms with Crippen LogP contribution in [0, 0.1) is 5.41 Å². The summed E-state index contributed by atoms with van der Waals surface area (Å²) in [6.07, 6.45) is 6.75. The van der Waals surface area contributed by atoms with Gasteiger partial charge in [-0.05, 0) is 17.5 Å². The molecule has 0 radical (unpaired) electrons. The van der Waals surface area contributed by atoms with Crippen molar-refractivity contribution in [3.05, 3.63) is 36.7 Å². The molecule has 2 heterocycles. The molecular weight excluding hydrogens is 320 g/mol. The van der Waals surface area contributed by atoms with Gasteiger partial charge in [0.05, 0.1) is 0 Å². The largest absolute Gasteiger partial charge is 0.479 e. The third-order valence-corrected chi connectivity index (χ3v) is 3.87. The zero-order valence-corrected chi connectivity index (χ0v) is 14.9. The topological polar surface area (TPSA) is 94.6 Å². The van der Waals surface area contributed by atoms with Crippen molar-refractivity contribution in [3.63, 3.8) is 0 Å². The number of carboxylic acids is 1. The van der Waals surface area contributed by atoms with Crippen LogP contribution in [-0.2, 0) is 9.59 Å². The molecule has 1 aliphatic rings. The van der Waals surface area contributed by atoms with Crippen LogP contribution in [0.5, 0.6) is 0 Å². The van der Waals surface area contributed by atoms with Crippen molar-refractivity contribution in [3.8, 4) is 0 Å². The Morgan fingerprint density at radius 3 is 2.68 bits per heavy atom. The SMILES string of the molecule is CC(C)(C)/C=C/C(NC(=O)C1CN(c2ccncc2)CCN1)C(=O)O. The summed E-state index contributed by atoms with van der Waals surface area (Å²) >= 11 is 0. The summed E-state index contributed by atoms with van der Waals surface area (Å²) in [5.41, 5.74) is 0.844. The number of piperazine rings is 1. The summed E-state index contributed by atoms with van der Waals surface area (Å²) in [6, 6.07) is 2.29. The molecule has 7 nitrogen and oxygen atoms in total. The number of hydrogen-bond acceptors (Lipinski definition) is 5. The molecule has 1 saturated heterocycles. The van der Waals surface area contributed by atoms with Crippen molar-refractivity contribution in [1.29, 1.82) is 0 Å². The predicted octanol–water partition coefficient (Wildman–Crippen LogP) is 1.03. The molecule has 2 unspecified atom stereocenters. The van der Waals surface area contributed by atoms with Crippen LogP contribution in [0.25, 0.3) is 0 Å². The van der Waals surface area contributed by atoms with E-state index >= 15 is 0 Å². The molecule has 25 heavy (non-hydrogen) atoms. The number of carbonyl (C=O) groups excluding carboxylic acids is 1. The molecule has 0 aromatic carbocycles. The summed E-state index contributed by atoms with van der Waals surface area (Å²) in [4.78, 5) is 30.0. The molecule has 2 atom stereocenters. The van der Waals surface area contributed by atoms with Crippen LogP contribution in [0.1, 0.15) is 20.8 Å². The summed E-state index contributed by atoms with van der Waals surface area (Å²) in [5, 5.41) is 15.1. The molecule has 1 aromatic heterocycles. The van der Waals surface area contributed by atoms with E-state index in [2.05, 4.69) is 20.5 Å². The summed E-state index contributed by atoms with van der Waals surface area (Å²) in [6.45, 7) is 7.82. The minimum absolute atomic E-state index is 0.153. The fourth-order valence-electron chi connectivity index (χ4n) is 2.55. The highest BCUT2D eigenvalue weighted by atomic mass is 16.4. The Morgan fingerprint density at radius 1 is 1.40 bits per heavy atom. The van der Waals surface area contributed by atoms with Crippen molar-refractivity contribution < 1.29 is 14.7 Å². The first kappa shape index (κ1) is 18.9. The maximum atomic E-state index is 12.5.